The van der Waals surface area contributed by atoms with E-state index in [2.05, 4.69) is 10.6 Å². The molecule has 1 saturated heterocycles. The summed E-state index contributed by atoms with van der Waals surface area (Å²) in [5.41, 5.74) is -0.0423. The van der Waals surface area contributed by atoms with Crippen LogP contribution in [0.15, 0.2) is 24.3 Å². The molecule has 5 fully saturated rings. The van der Waals surface area contributed by atoms with Crippen LogP contribution < -0.4 is 15.4 Å². The predicted octanol–water partition coefficient (Wildman–Crippen LogP) is 2.87. The van der Waals surface area contributed by atoms with Crippen molar-refractivity contribution in [2.24, 2.45) is 11.8 Å². The molecule has 6 rings (SSSR count). The van der Waals surface area contributed by atoms with E-state index in [1.807, 2.05) is 24.3 Å². The summed E-state index contributed by atoms with van der Waals surface area (Å²) in [4.78, 5) is 25.1. The molecular formula is C25H34N2O4. The van der Waals surface area contributed by atoms with Gasteiger partial charge < -0.3 is 20.5 Å². The van der Waals surface area contributed by atoms with Crippen LogP contribution in [0, 0.1) is 11.8 Å². The summed E-state index contributed by atoms with van der Waals surface area (Å²) in [5, 5.41) is 17.5. The lowest BCUT2D eigenvalue weighted by molar-refractivity contribution is -0.151. The highest BCUT2D eigenvalue weighted by atomic mass is 16.5. The van der Waals surface area contributed by atoms with Gasteiger partial charge in [0.25, 0.3) is 0 Å². The van der Waals surface area contributed by atoms with E-state index >= 15 is 0 Å². The average molecular weight is 427 g/mol. The molecule has 0 radical (unpaired) electrons. The molecule has 0 spiro atoms. The first-order valence-electron chi connectivity index (χ1n) is 11.8. The molecule has 4 bridgehead atoms. The quantitative estimate of drug-likeness (QED) is 0.626. The summed E-state index contributed by atoms with van der Waals surface area (Å²) >= 11 is 0. The maximum atomic E-state index is 13.0. The number of hydrogen-bond acceptors (Lipinski definition) is 4. The first kappa shape index (κ1) is 20.8. The van der Waals surface area contributed by atoms with Gasteiger partial charge >= 0.3 is 0 Å². The molecule has 6 heteroatoms. The second-order valence-corrected chi connectivity index (χ2v) is 10.9. The van der Waals surface area contributed by atoms with E-state index < -0.39 is 5.60 Å². The molecule has 3 atom stereocenters. The van der Waals surface area contributed by atoms with Gasteiger partial charge in [0.2, 0.25) is 11.8 Å². The van der Waals surface area contributed by atoms with Gasteiger partial charge in [-0.25, -0.2) is 0 Å². The molecular weight excluding hydrogens is 392 g/mol. The number of hydrogen-bond donors (Lipinski definition) is 3. The fraction of sp³-hybridized carbons (Fsp3) is 0.680. The largest absolute Gasteiger partial charge is 0.497 e. The van der Waals surface area contributed by atoms with E-state index in [1.165, 1.54) is 6.42 Å². The number of aliphatic hydroxyl groups is 1. The molecule has 5 aliphatic rings. The Morgan fingerprint density at radius 1 is 1.19 bits per heavy atom. The van der Waals surface area contributed by atoms with Crippen molar-refractivity contribution in [1.29, 1.82) is 0 Å². The first-order valence-corrected chi connectivity index (χ1v) is 11.8. The molecule has 0 aromatic heterocycles. The number of carbonyl (C=O) groups is 2. The lowest BCUT2D eigenvalue weighted by Gasteiger charge is -2.60. The monoisotopic (exact) mass is 426 g/mol. The lowest BCUT2D eigenvalue weighted by atomic mass is 9.51. The Morgan fingerprint density at radius 2 is 1.90 bits per heavy atom. The smallest absolute Gasteiger partial charge is 0.220 e. The van der Waals surface area contributed by atoms with Crippen LogP contribution in [0.5, 0.6) is 5.75 Å². The van der Waals surface area contributed by atoms with E-state index in [0.29, 0.717) is 43.9 Å². The predicted molar refractivity (Wildman–Crippen MR) is 117 cm³/mol. The van der Waals surface area contributed by atoms with E-state index in [4.69, 9.17) is 4.74 Å². The Labute approximate surface area is 184 Å². The van der Waals surface area contributed by atoms with Crippen LogP contribution in [0.25, 0.3) is 0 Å². The zero-order chi connectivity index (χ0) is 21.7. The van der Waals surface area contributed by atoms with Crippen molar-refractivity contribution in [2.45, 2.75) is 87.3 Å². The maximum Gasteiger partial charge on any atom is 0.220 e. The zero-order valence-corrected chi connectivity index (χ0v) is 18.4. The standard InChI is InChI=1S/C25H34N2O4/c1-31-20-4-2-17(3-5-20)11-23(8-6-21(28)26-23)9-7-22(29)27-24-12-18-10-19(13-24)15-25(30,14-18)16-24/h2-5,18-19,30H,6-16H2,1H3,(H,26,28)(H,27,29). The van der Waals surface area contributed by atoms with Crippen LogP contribution in [0.3, 0.4) is 0 Å². The van der Waals surface area contributed by atoms with Crippen molar-refractivity contribution < 1.29 is 19.4 Å². The molecule has 1 aromatic carbocycles. The van der Waals surface area contributed by atoms with E-state index in [-0.39, 0.29) is 22.9 Å². The molecule has 1 aliphatic heterocycles. The summed E-state index contributed by atoms with van der Waals surface area (Å²) in [7, 11) is 1.65. The van der Waals surface area contributed by atoms with Crippen molar-refractivity contribution in [3.63, 3.8) is 0 Å². The third-order valence-electron chi connectivity index (χ3n) is 8.20. The van der Waals surface area contributed by atoms with Crippen LogP contribution in [-0.4, -0.2) is 40.7 Å². The molecule has 2 amide bonds. The molecule has 4 aliphatic carbocycles. The molecule has 168 valence electrons. The van der Waals surface area contributed by atoms with Gasteiger partial charge in [0.15, 0.2) is 0 Å². The maximum absolute atomic E-state index is 13.0. The first-order chi connectivity index (χ1) is 14.8. The van der Waals surface area contributed by atoms with Crippen molar-refractivity contribution in [2.75, 3.05) is 7.11 Å². The number of nitrogens with one attached hydrogen (secondary N) is 2. The summed E-state index contributed by atoms with van der Waals surface area (Å²) in [6.07, 6.45) is 8.72. The lowest BCUT2D eigenvalue weighted by Crippen LogP contribution is -2.65. The van der Waals surface area contributed by atoms with Gasteiger partial charge in [0.1, 0.15) is 5.75 Å². The van der Waals surface area contributed by atoms with Gasteiger partial charge in [0, 0.05) is 23.9 Å². The van der Waals surface area contributed by atoms with Crippen molar-refractivity contribution >= 4 is 11.8 Å². The van der Waals surface area contributed by atoms with Gasteiger partial charge in [-0.05, 0) is 87.3 Å². The number of benzene rings is 1. The minimum Gasteiger partial charge on any atom is -0.497 e. The molecule has 31 heavy (non-hydrogen) atoms. The normalized spacial score (nSPS) is 38.2. The zero-order valence-electron chi connectivity index (χ0n) is 18.4. The van der Waals surface area contributed by atoms with Crippen LogP contribution in [0.4, 0.5) is 0 Å². The Kier molecular flexibility index (Phi) is 5.04. The number of methoxy groups -OCH3 is 1. The van der Waals surface area contributed by atoms with Crippen molar-refractivity contribution in [3.05, 3.63) is 29.8 Å². The highest BCUT2D eigenvalue weighted by molar-refractivity contribution is 5.80. The second kappa shape index (κ2) is 7.51. The van der Waals surface area contributed by atoms with Crippen LogP contribution >= 0.6 is 0 Å². The Hall–Kier alpha value is -2.08. The number of ether oxygens (including phenoxy) is 1. The number of carbonyl (C=O) groups excluding carboxylic acids is 2. The van der Waals surface area contributed by atoms with Crippen LogP contribution in [0.2, 0.25) is 0 Å². The van der Waals surface area contributed by atoms with Crippen LogP contribution in [0.1, 0.15) is 69.8 Å². The van der Waals surface area contributed by atoms with Gasteiger partial charge in [-0.1, -0.05) is 12.1 Å². The highest BCUT2D eigenvalue weighted by Crippen LogP contribution is 2.57. The van der Waals surface area contributed by atoms with Gasteiger partial charge in [-0.2, -0.15) is 0 Å². The molecule has 3 unspecified atom stereocenters. The SMILES string of the molecule is COc1ccc(CC2(CCC(=O)NC34CC5CC(CC(O)(C5)C3)C4)CCC(=O)N2)cc1. The summed E-state index contributed by atoms with van der Waals surface area (Å²) in [6.45, 7) is 0. The molecule has 1 aromatic rings. The topological polar surface area (TPSA) is 87.7 Å². The van der Waals surface area contributed by atoms with Crippen LogP contribution in [-0.2, 0) is 16.0 Å². The average Bonchev–Trinajstić information content (AvgIpc) is 3.05. The Bertz CT molecular complexity index is 853. The third-order valence-corrected chi connectivity index (χ3v) is 8.20. The van der Waals surface area contributed by atoms with Gasteiger partial charge in [-0.3, -0.25) is 9.59 Å². The van der Waals surface area contributed by atoms with E-state index in [9.17, 15) is 14.7 Å². The minimum absolute atomic E-state index is 0.0563. The number of amides is 2. The molecule has 1 heterocycles. The second-order valence-electron chi connectivity index (χ2n) is 10.9. The molecule has 6 nitrogen and oxygen atoms in total. The highest BCUT2D eigenvalue weighted by Gasteiger charge is 2.57. The summed E-state index contributed by atoms with van der Waals surface area (Å²) in [6, 6.07) is 7.93. The molecule has 4 saturated carbocycles. The summed E-state index contributed by atoms with van der Waals surface area (Å²) in [5.74, 6) is 2.02. The van der Waals surface area contributed by atoms with Gasteiger partial charge in [0.05, 0.1) is 12.7 Å². The minimum atomic E-state index is -0.577. The van der Waals surface area contributed by atoms with Crippen molar-refractivity contribution in [3.8, 4) is 5.75 Å². The van der Waals surface area contributed by atoms with E-state index in [0.717, 1.165) is 43.4 Å². The van der Waals surface area contributed by atoms with E-state index in [1.54, 1.807) is 7.11 Å². The summed E-state index contributed by atoms with van der Waals surface area (Å²) < 4.78 is 5.24. The Morgan fingerprint density at radius 3 is 2.48 bits per heavy atom. The third kappa shape index (κ3) is 4.19. The number of rotatable bonds is 7. The van der Waals surface area contributed by atoms with Gasteiger partial charge in [-0.15, -0.1) is 0 Å². The fourth-order valence-electron chi connectivity index (χ4n) is 7.39. The Balaban J connectivity index is 1.23. The molecule has 3 N–H and O–H groups in total. The van der Waals surface area contributed by atoms with Crippen molar-refractivity contribution in [1.82, 2.24) is 10.6 Å². The fourth-order valence-corrected chi connectivity index (χ4v) is 7.39.